The summed E-state index contributed by atoms with van der Waals surface area (Å²) < 4.78 is 0. The minimum atomic E-state index is 0. The van der Waals surface area contributed by atoms with Gasteiger partial charge in [0.1, 0.15) is 0 Å². The maximum atomic E-state index is 4.78. The molecule has 0 aromatic carbocycles. The Bertz CT molecular complexity index is 37.3. The predicted molar refractivity (Wildman–Crippen MR) is 20.2 cm³/mol. The molecule has 0 nitrogen and oxygen atoms in total. The molecular weight excluding hydrogens is 55.0 g/mol. The molecule has 0 amide bonds. The van der Waals surface area contributed by atoms with Crippen LogP contribution >= 0.6 is 0 Å². The molecular formula is C4H7Li. The van der Waals surface area contributed by atoms with E-state index in [0.29, 0.717) is 0 Å². The van der Waals surface area contributed by atoms with E-state index in [0.717, 1.165) is 6.42 Å². The summed E-state index contributed by atoms with van der Waals surface area (Å²) in [5.74, 6) is 2.43. The third-order valence-electron chi connectivity index (χ3n) is 0.204. The second kappa shape index (κ2) is 8.90. The predicted octanol–water partition coefficient (Wildman–Crippen LogP) is -1.85. The van der Waals surface area contributed by atoms with Crippen molar-refractivity contribution in [2.75, 3.05) is 0 Å². The minimum absolute atomic E-state index is 0. The van der Waals surface area contributed by atoms with Crippen LogP contribution in [-0.2, 0) is 0 Å². The van der Waals surface area contributed by atoms with Gasteiger partial charge in [-0.1, -0.05) is 6.92 Å². The van der Waals surface area contributed by atoms with Crippen molar-refractivity contribution in [1.29, 1.82) is 0 Å². The SMILES string of the molecule is C#CCC.[H-].[Li+]. The summed E-state index contributed by atoms with van der Waals surface area (Å²) in [7, 11) is 0. The van der Waals surface area contributed by atoms with Gasteiger partial charge in [-0.25, -0.2) is 0 Å². The standard InChI is InChI=1S/C4H6.Li.H/c1-3-4-2;;/h1H,4H2,2H3;;/q;+1;-1. The Labute approximate surface area is 46.6 Å². The van der Waals surface area contributed by atoms with Crippen LogP contribution in [0.3, 0.4) is 0 Å². The first-order chi connectivity index (χ1) is 1.91. The summed E-state index contributed by atoms with van der Waals surface area (Å²) in [6.45, 7) is 1.94. The van der Waals surface area contributed by atoms with Gasteiger partial charge in [-0.3, -0.25) is 0 Å². The minimum Gasteiger partial charge on any atom is -1.00 e. The van der Waals surface area contributed by atoms with Gasteiger partial charge in [-0.15, -0.1) is 12.3 Å². The fourth-order valence-corrected chi connectivity index (χ4v) is 0. The molecule has 0 saturated carbocycles. The van der Waals surface area contributed by atoms with E-state index >= 15 is 0 Å². The van der Waals surface area contributed by atoms with E-state index in [-0.39, 0.29) is 20.3 Å². The summed E-state index contributed by atoms with van der Waals surface area (Å²) in [5, 5.41) is 0. The van der Waals surface area contributed by atoms with E-state index in [4.69, 9.17) is 6.42 Å². The molecule has 0 saturated heterocycles. The molecule has 5 heavy (non-hydrogen) atoms. The largest absolute Gasteiger partial charge is 1.00 e. The summed E-state index contributed by atoms with van der Waals surface area (Å²) >= 11 is 0. The zero-order valence-electron chi connectivity index (χ0n) is 4.78. The van der Waals surface area contributed by atoms with Crippen molar-refractivity contribution in [1.82, 2.24) is 0 Å². The van der Waals surface area contributed by atoms with Crippen LogP contribution in [0.1, 0.15) is 14.8 Å². The molecule has 0 atom stereocenters. The second-order valence-electron chi connectivity index (χ2n) is 0.558. The summed E-state index contributed by atoms with van der Waals surface area (Å²) in [4.78, 5) is 0. The Kier molecular flexibility index (Phi) is 15.9. The van der Waals surface area contributed by atoms with Gasteiger partial charge in [0.05, 0.1) is 0 Å². The van der Waals surface area contributed by atoms with E-state index in [2.05, 4.69) is 5.92 Å². The molecule has 24 valence electrons. The average molecular weight is 62.0 g/mol. The Balaban J connectivity index is -0.0000000450. The average Bonchev–Trinajstić information content (AvgIpc) is 1.37. The Morgan fingerprint density at radius 1 is 2.00 bits per heavy atom. The monoisotopic (exact) mass is 62.1 g/mol. The Morgan fingerprint density at radius 3 is 2.20 bits per heavy atom. The van der Waals surface area contributed by atoms with Crippen LogP contribution in [0.4, 0.5) is 0 Å². The van der Waals surface area contributed by atoms with Gasteiger partial charge < -0.3 is 1.43 Å². The zero-order valence-corrected chi connectivity index (χ0v) is 3.78. The van der Waals surface area contributed by atoms with Crippen LogP contribution < -0.4 is 18.9 Å². The van der Waals surface area contributed by atoms with Crippen LogP contribution in [0, 0.1) is 12.3 Å². The third kappa shape index (κ3) is 14.4. The number of hydrogen-bond acceptors (Lipinski definition) is 0. The van der Waals surface area contributed by atoms with Crippen molar-refractivity contribution >= 4 is 0 Å². The van der Waals surface area contributed by atoms with Crippen molar-refractivity contribution in [3.05, 3.63) is 0 Å². The van der Waals surface area contributed by atoms with E-state index < -0.39 is 0 Å². The second-order valence-corrected chi connectivity index (χ2v) is 0.558. The molecule has 0 unspecified atom stereocenters. The van der Waals surface area contributed by atoms with Gasteiger partial charge >= 0.3 is 18.9 Å². The van der Waals surface area contributed by atoms with Gasteiger partial charge in [-0.2, -0.15) is 0 Å². The van der Waals surface area contributed by atoms with Crippen molar-refractivity contribution in [2.45, 2.75) is 13.3 Å². The molecule has 0 fully saturated rings. The fraction of sp³-hybridized carbons (Fsp3) is 0.500. The molecule has 0 aliphatic carbocycles. The van der Waals surface area contributed by atoms with E-state index in [9.17, 15) is 0 Å². The van der Waals surface area contributed by atoms with Crippen LogP contribution in [-0.4, -0.2) is 0 Å². The van der Waals surface area contributed by atoms with Crippen LogP contribution in [0.5, 0.6) is 0 Å². The third-order valence-corrected chi connectivity index (χ3v) is 0.204. The quantitative estimate of drug-likeness (QED) is 0.228. The van der Waals surface area contributed by atoms with Crippen molar-refractivity contribution in [3.63, 3.8) is 0 Å². The normalized spacial score (nSPS) is 4.00. The van der Waals surface area contributed by atoms with E-state index in [1.54, 1.807) is 0 Å². The molecule has 0 N–H and O–H groups in total. The van der Waals surface area contributed by atoms with Gasteiger partial charge in [-0.05, 0) is 0 Å². The fourth-order valence-electron chi connectivity index (χ4n) is 0. The smallest absolute Gasteiger partial charge is 1.00 e. The van der Waals surface area contributed by atoms with E-state index in [1.807, 2.05) is 6.92 Å². The Morgan fingerprint density at radius 2 is 2.20 bits per heavy atom. The van der Waals surface area contributed by atoms with Crippen molar-refractivity contribution in [2.24, 2.45) is 0 Å². The van der Waals surface area contributed by atoms with Gasteiger partial charge in [0.15, 0.2) is 0 Å². The first-order valence-electron chi connectivity index (χ1n) is 1.35. The molecule has 0 spiro atoms. The summed E-state index contributed by atoms with van der Waals surface area (Å²) in [6.07, 6.45) is 5.62. The van der Waals surface area contributed by atoms with Crippen molar-refractivity contribution in [3.8, 4) is 12.3 Å². The first-order valence-corrected chi connectivity index (χ1v) is 1.35. The maximum Gasteiger partial charge on any atom is 1.00 e. The van der Waals surface area contributed by atoms with Gasteiger partial charge in [0, 0.05) is 6.42 Å². The molecule has 0 rings (SSSR count). The topological polar surface area (TPSA) is 0 Å². The van der Waals surface area contributed by atoms with Gasteiger partial charge in [0.25, 0.3) is 0 Å². The molecule has 0 aliphatic rings. The van der Waals surface area contributed by atoms with Crippen LogP contribution in [0.15, 0.2) is 0 Å². The maximum absolute atomic E-state index is 4.78. The van der Waals surface area contributed by atoms with Crippen molar-refractivity contribution < 1.29 is 20.3 Å². The number of terminal acetylenes is 1. The molecule has 0 aromatic rings. The number of rotatable bonds is 0. The molecule has 0 aliphatic heterocycles. The van der Waals surface area contributed by atoms with E-state index in [1.165, 1.54) is 0 Å². The Hall–Kier alpha value is 0.157. The summed E-state index contributed by atoms with van der Waals surface area (Å²) in [6, 6.07) is 0. The molecule has 0 radical (unpaired) electrons. The molecule has 1 heteroatoms. The molecule has 0 heterocycles. The summed E-state index contributed by atoms with van der Waals surface area (Å²) in [5.41, 5.74) is 0. The number of hydrogen-bond donors (Lipinski definition) is 0. The molecule has 0 bridgehead atoms. The van der Waals surface area contributed by atoms with Crippen LogP contribution in [0.2, 0.25) is 0 Å². The van der Waals surface area contributed by atoms with Crippen LogP contribution in [0.25, 0.3) is 0 Å². The molecule has 0 aromatic heterocycles. The van der Waals surface area contributed by atoms with Gasteiger partial charge in [0.2, 0.25) is 0 Å². The first kappa shape index (κ1) is 8.94. The zero-order chi connectivity index (χ0) is 3.41.